The highest BCUT2D eigenvalue weighted by atomic mass is 32.2. The summed E-state index contributed by atoms with van der Waals surface area (Å²) in [6.45, 7) is 1.42. The monoisotopic (exact) mass is 291 g/mol. The zero-order valence-corrected chi connectivity index (χ0v) is 11.3. The van der Waals surface area contributed by atoms with E-state index in [1.54, 1.807) is 0 Å². The van der Waals surface area contributed by atoms with Crippen LogP contribution >= 0.6 is 0 Å². The van der Waals surface area contributed by atoms with Gasteiger partial charge in [0.25, 0.3) is 0 Å². The van der Waals surface area contributed by atoms with Gasteiger partial charge in [0.2, 0.25) is 10.0 Å². The van der Waals surface area contributed by atoms with E-state index in [-0.39, 0.29) is 23.7 Å². The lowest BCUT2D eigenvalue weighted by Crippen LogP contribution is -2.16. The third-order valence-electron chi connectivity index (χ3n) is 2.30. The van der Waals surface area contributed by atoms with Crippen LogP contribution < -0.4 is 5.14 Å². The number of benzene rings is 1. The van der Waals surface area contributed by atoms with Crippen LogP contribution in [0.5, 0.6) is 0 Å². The lowest BCUT2D eigenvalue weighted by molar-refractivity contribution is 0.0382. The van der Waals surface area contributed by atoms with Crippen molar-refractivity contribution >= 4 is 16.0 Å². The SMILES string of the molecule is COCCOC(=O)c1cc(S(N)(=O)=O)cc(C)c1F. The molecule has 0 heterocycles. The van der Waals surface area contributed by atoms with Crippen molar-refractivity contribution in [2.75, 3.05) is 20.3 Å². The number of nitrogens with two attached hydrogens (primary N) is 1. The molecule has 0 unspecified atom stereocenters. The minimum atomic E-state index is -4.02. The van der Waals surface area contributed by atoms with Crippen LogP contribution in [0.1, 0.15) is 15.9 Å². The number of hydrogen-bond acceptors (Lipinski definition) is 5. The number of carbonyl (C=O) groups excluding carboxylic acids is 1. The maximum absolute atomic E-state index is 13.8. The van der Waals surface area contributed by atoms with Gasteiger partial charge in [-0.15, -0.1) is 0 Å². The molecule has 0 aromatic heterocycles. The van der Waals surface area contributed by atoms with E-state index < -0.39 is 27.4 Å². The predicted octanol–water partition coefficient (Wildman–Crippen LogP) is 0.585. The largest absolute Gasteiger partial charge is 0.460 e. The van der Waals surface area contributed by atoms with E-state index in [1.807, 2.05) is 0 Å². The molecule has 0 amide bonds. The summed E-state index contributed by atoms with van der Waals surface area (Å²) in [6.07, 6.45) is 0. The highest BCUT2D eigenvalue weighted by Crippen LogP contribution is 2.19. The van der Waals surface area contributed by atoms with Gasteiger partial charge in [-0.05, 0) is 24.6 Å². The molecular weight excluding hydrogens is 277 g/mol. The molecule has 2 N–H and O–H groups in total. The summed E-state index contributed by atoms with van der Waals surface area (Å²) in [5.74, 6) is -1.81. The van der Waals surface area contributed by atoms with E-state index in [0.717, 1.165) is 12.1 Å². The van der Waals surface area contributed by atoms with Crippen molar-refractivity contribution < 1.29 is 27.1 Å². The van der Waals surface area contributed by atoms with Gasteiger partial charge in [-0.2, -0.15) is 0 Å². The number of ether oxygens (including phenoxy) is 2. The summed E-state index contributed by atoms with van der Waals surface area (Å²) in [5, 5.41) is 4.94. The maximum Gasteiger partial charge on any atom is 0.341 e. The minimum absolute atomic E-state index is 0.00906. The molecule has 6 nitrogen and oxygen atoms in total. The Kier molecular flexibility index (Phi) is 4.98. The van der Waals surface area contributed by atoms with Crippen LogP contribution in [0.15, 0.2) is 17.0 Å². The smallest absolute Gasteiger partial charge is 0.341 e. The van der Waals surface area contributed by atoms with E-state index in [9.17, 15) is 17.6 Å². The van der Waals surface area contributed by atoms with Crippen molar-refractivity contribution in [3.8, 4) is 0 Å². The standard InChI is InChI=1S/C11H14FNO5S/c1-7-5-8(19(13,15)16)6-9(10(7)12)11(14)18-4-3-17-2/h5-6H,3-4H2,1-2H3,(H2,13,15,16). The molecule has 0 bridgehead atoms. The van der Waals surface area contributed by atoms with Crippen molar-refractivity contribution in [1.29, 1.82) is 0 Å². The van der Waals surface area contributed by atoms with E-state index in [4.69, 9.17) is 9.88 Å². The fraction of sp³-hybridized carbons (Fsp3) is 0.364. The number of hydrogen-bond donors (Lipinski definition) is 1. The van der Waals surface area contributed by atoms with Gasteiger partial charge in [-0.3, -0.25) is 0 Å². The van der Waals surface area contributed by atoms with Crippen LogP contribution in [0.3, 0.4) is 0 Å². The number of rotatable bonds is 5. The summed E-state index contributed by atoms with van der Waals surface area (Å²) < 4.78 is 45.6. The lowest BCUT2D eigenvalue weighted by atomic mass is 10.1. The molecule has 0 radical (unpaired) electrons. The van der Waals surface area contributed by atoms with Gasteiger partial charge in [0.05, 0.1) is 17.1 Å². The van der Waals surface area contributed by atoms with Crippen LogP contribution in [0.2, 0.25) is 0 Å². The Hall–Kier alpha value is -1.51. The number of carbonyl (C=O) groups is 1. The first-order valence-electron chi connectivity index (χ1n) is 5.26. The molecule has 19 heavy (non-hydrogen) atoms. The molecule has 0 saturated carbocycles. The third-order valence-corrected chi connectivity index (χ3v) is 3.19. The molecule has 106 valence electrons. The maximum atomic E-state index is 13.8. The molecule has 0 aliphatic heterocycles. The molecule has 0 aliphatic rings. The van der Waals surface area contributed by atoms with Gasteiger partial charge in [0.1, 0.15) is 12.4 Å². The second-order valence-corrected chi connectivity index (χ2v) is 5.34. The molecule has 0 aliphatic carbocycles. The van der Waals surface area contributed by atoms with Gasteiger partial charge in [0, 0.05) is 7.11 Å². The highest BCUT2D eigenvalue weighted by molar-refractivity contribution is 7.89. The Bertz CT molecular complexity index is 585. The van der Waals surface area contributed by atoms with Crippen molar-refractivity contribution in [2.24, 2.45) is 5.14 Å². The fourth-order valence-corrected chi connectivity index (χ4v) is 1.97. The summed E-state index contributed by atoms with van der Waals surface area (Å²) in [4.78, 5) is 11.3. The summed E-state index contributed by atoms with van der Waals surface area (Å²) in [5.41, 5.74) is -0.481. The molecule has 0 atom stereocenters. The molecule has 8 heteroatoms. The van der Waals surface area contributed by atoms with Gasteiger partial charge >= 0.3 is 5.97 Å². The summed E-state index contributed by atoms with van der Waals surface area (Å²) in [7, 11) is -2.61. The number of aryl methyl sites for hydroxylation is 1. The summed E-state index contributed by atoms with van der Waals surface area (Å²) in [6, 6.07) is 1.91. The Morgan fingerprint density at radius 3 is 2.53 bits per heavy atom. The van der Waals surface area contributed by atoms with Crippen molar-refractivity contribution in [3.05, 3.63) is 29.1 Å². The van der Waals surface area contributed by atoms with E-state index in [2.05, 4.69) is 4.74 Å². The number of sulfonamides is 1. The third kappa shape index (κ3) is 3.98. The number of halogens is 1. The Morgan fingerprint density at radius 2 is 2.00 bits per heavy atom. The Morgan fingerprint density at radius 1 is 1.37 bits per heavy atom. The van der Waals surface area contributed by atoms with Crippen molar-refractivity contribution in [3.63, 3.8) is 0 Å². The van der Waals surface area contributed by atoms with Crippen molar-refractivity contribution in [1.82, 2.24) is 0 Å². The summed E-state index contributed by atoms with van der Waals surface area (Å²) >= 11 is 0. The first kappa shape index (κ1) is 15.5. The average molecular weight is 291 g/mol. The molecular formula is C11H14FNO5S. The Labute approximate surface area is 110 Å². The van der Waals surface area contributed by atoms with Crippen LogP contribution in [0.4, 0.5) is 4.39 Å². The van der Waals surface area contributed by atoms with Crippen LogP contribution in [-0.4, -0.2) is 34.7 Å². The minimum Gasteiger partial charge on any atom is -0.460 e. The van der Waals surface area contributed by atoms with Crippen LogP contribution in [-0.2, 0) is 19.5 Å². The van der Waals surface area contributed by atoms with Gasteiger partial charge in [0.15, 0.2) is 0 Å². The van der Waals surface area contributed by atoms with Crippen LogP contribution in [0, 0.1) is 12.7 Å². The van der Waals surface area contributed by atoms with E-state index in [1.165, 1.54) is 14.0 Å². The van der Waals surface area contributed by atoms with E-state index in [0.29, 0.717) is 0 Å². The average Bonchev–Trinajstić information content (AvgIpc) is 2.31. The molecule has 1 aromatic carbocycles. The molecule has 1 aromatic rings. The number of esters is 1. The molecule has 0 saturated heterocycles. The Balaban J connectivity index is 3.13. The first-order valence-corrected chi connectivity index (χ1v) is 6.81. The molecule has 0 spiro atoms. The normalized spacial score (nSPS) is 11.4. The lowest BCUT2D eigenvalue weighted by Gasteiger charge is -2.08. The molecule has 0 fully saturated rings. The van der Waals surface area contributed by atoms with Crippen LogP contribution in [0.25, 0.3) is 0 Å². The zero-order chi connectivity index (χ0) is 14.6. The van der Waals surface area contributed by atoms with Crippen molar-refractivity contribution in [2.45, 2.75) is 11.8 Å². The number of primary sulfonamides is 1. The predicted molar refractivity (Wildman–Crippen MR) is 64.7 cm³/mol. The van der Waals surface area contributed by atoms with Gasteiger partial charge < -0.3 is 9.47 Å². The topological polar surface area (TPSA) is 95.7 Å². The van der Waals surface area contributed by atoms with E-state index >= 15 is 0 Å². The number of methoxy groups -OCH3 is 1. The highest BCUT2D eigenvalue weighted by Gasteiger charge is 2.20. The second kappa shape index (κ2) is 6.09. The fourth-order valence-electron chi connectivity index (χ4n) is 1.34. The second-order valence-electron chi connectivity index (χ2n) is 3.78. The molecule has 1 rings (SSSR count). The van der Waals surface area contributed by atoms with Gasteiger partial charge in [-0.1, -0.05) is 0 Å². The first-order chi connectivity index (χ1) is 8.77. The quantitative estimate of drug-likeness (QED) is 0.632. The zero-order valence-electron chi connectivity index (χ0n) is 10.5. The van der Waals surface area contributed by atoms with Gasteiger partial charge in [-0.25, -0.2) is 22.7 Å².